The van der Waals surface area contributed by atoms with E-state index in [1.807, 2.05) is 30.3 Å². The average molecular weight is 357 g/mol. The molecule has 132 valence electrons. The highest BCUT2D eigenvalue weighted by atomic mass is 32.1. The molecule has 0 unspecified atom stereocenters. The van der Waals surface area contributed by atoms with Gasteiger partial charge in [0.15, 0.2) is 0 Å². The van der Waals surface area contributed by atoms with Crippen molar-refractivity contribution in [1.29, 1.82) is 0 Å². The number of nitrogens with zero attached hydrogens (tertiary/aromatic N) is 2. The molecule has 25 heavy (non-hydrogen) atoms. The van der Waals surface area contributed by atoms with E-state index >= 15 is 0 Å². The number of thiophene rings is 1. The first kappa shape index (κ1) is 17.6. The largest absolute Gasteiger partial charge is 0.370 e. The van der Waals surface area contributed by atoms with Gasteiger partial charge in [0.25, 0.3) is 0 Å². The van der Waals surface area contributed by atoms with Gasteiger partial charge in [-0.05, 0) is 47.4 Å². The Hall–Kier alpha value is -2.18. The number of nitrogens with two attached hydrogens (primary N) is 1. The molecule has 0 spiro atoms. The third-order valence-corrected chi connectivity index (χ3v) is 5.05. The predicted octanol–water partition coefficient (Wildman–Crippen LogP) is 2.62. The summed E-state index contributed by atoms with van der Waals surface area (Å²) in [5.74, 6) is -0.388. The fourth-order valence-electron chi connectivity index (χ4n) is 2.86. The smallest absolute Gasteiger partial charge is 0.241 e. The third-order valence-electron chi connectivity index (χ3n) is 4.32. The summed E-state index contributed by atoms with van der Waals surface area (Å²) in [4.78, 5) is 28.1. The van der Waals surface area contributed by atoms with Crippen LogP contribution in [0.2, 0.25) is 0 Å². The van der Waals surface area contributed by atoms with Crippen LogP contribution in [-0.2, 0) is 16.1 Å². The van der Waals surface area contributed by atoms with Crippen LogP contribution in [0, 0.1) is 0 Å². The van der Waals surface area contributed by atoms with Crippen molar-refractivity contribution in [3.8, 4) is 0 Å². The van der Waals surface area contributed by atoms with Gasteiger partial charge in [0.2, 0.25) is 11.8 Å². The van der Waals surface area contributed by atoms with Crippen LogP contribution in [0.15, 0.2) is 47.2 Å². The van der Waals surface area contributed by atoms with Crippen LogP contribution in [0.25, 0.3) is 0 Å². The van der Waals surface area contributed by atoms with E-state index in [1.54, 1.807) is 16.2 Å². The van der Waals surface area contributed by atoms with Crippen molar-refractivity contribution in [3.05, 3.63) is 52.7 Å². The molecule has 1 aliphatic rings. The lowest BCUT2D eigenvalue weighted by molar-refractivity contribution is -0.120. The number of carbonyl (C=O) groups excluding carboxylic acids is 2. The van der Waals surface area contributed by atoms with Gasteiger partial charge in [-0.25, -0.2) is 0 Å². The summed E-state index contributed by atoms with van der Waals surface area (Å²) >= 11 is 1.67. The Bertz CT molecular complexity index is 699. The fourth-order valence-corrected chi connectivity index (χ4v) is 3.52. The molecule has 0 saturated heterocycles. The van der Waals surface area contributed by atoms with Crippen LogP contribution < -0.4 is 10.6 Å². The summed E-state index contributed by atoms with van der Waals surface area (Å²) in [5, 5.41) is 4.19. The quantitative estimate of drug-likeness (QED) is 0.750. The number of hydrogen-bond donors (Lipinski definition) is 1. The monoisotopic (exact) mass is 357 g/mol. The van der Waals surface area contributed by atoms with Gasteiger partial charge in [-0.1, -0.05) is 18.2 Å². The first-order chi connectivity index (χ1) is 12.1. The highest BCUT2D eigenvalue weighted by molar-refractivity contribution is 7.07. The second kappa shape index (κ2) is 8.27. The second-order valence-corrected chi connectivity index (χ2v) is 7.15. The molecular weight excluding hydrogens is 334 g/mol. The van der Waals surface area contributed by atoms with Crippen molar-refractivity contribution in [3.63, 3.8) is 0 Å². The summed E-state index contributed by atoms with van der Waals surface area (Å²) < 4.78 is 0. The Balaban J connectivity index is 1.70. The number of benzene rings is 1. The predicted molar refractivity (Wildman–Crippen MR) is 100 cm³/mol. The normalized spacial score (nSPS) is 13.8. The lowest BCUT2D eigenvalue weighted by Gasteiger charge is -2.27. The standard InChI is InChI=1S/C19H23N3O2S/c20-18(23)8-10-22(17-4-2-1-3-5-17)19(24)13-21(16-6-7-16)12-15-9-11-25-14-15/h1-5,9,11,14,16H,6-8,10,12-13H2,(H2,20,23). The number of rotatable bonds is 9. The number of hydrogen-bond acceptors (Lipinski definition) is 4. The van der Waals surface area contributed by atoms with E-state index in [0.717, 1.165) is 25.1 Å². The van der Waals surface area contributed by atoms with Crippen LogP contribution in [-0.4, -0.2) is 35.8 Å². The molecule has 1 heterocycles. The Morgan fingerprint density at radius 3 is 2.52 bits per heavy atom. The molecule has 6 heteroatoms. The summed E-state index contributed by atoms with van der Waals surface area (Å²) in [6.07, 6.45) is 2.45. The maximum absolute atomic E-state index is 13.0. The molecule has 0 aliphatic heterocycles. The summed E-state index contributed by atoms with van der Waals surface area (Å²) in [5.41, 5.74) is 7.33. The topological polar surface area (TPSA) is 66.6 Å². The molecule has 2 amide bonds. The van der Waals surface area contributed by atoms with E-state index in [4.69, 9.17) is 5.73 Å². The van der Waals surface area contributed by atoms with Crippen molar-refractivity contribution < 1.29 is 9.59 Å². The van der Waals surface area contributed by atoms with E-state index in [-0.39, 0.29) is 12.3 Å². The molecule has 1 aromatic heterocycles. The van der Waals surface area contributed by atoms with Crippen LogP contribution in [0.5, 0.6) is 0 Å². The number of carbonyl (C=O) groups is 2. The number of anilines is 1. The number of amides is 2. The Kier molecular flexibility index (Phi) is 5.83. The van der Waals surface area contributed by atoms with E-state index in [0.29, 0.717) is 19.1 Å². The number of para-hydroxylation sites is 1. The van der Waals surface area contributed by atoms with Crippen molar-refractivity contribution in [2.45, 2.75) is 31.8 Å². The van der Waals surface area contributed by atoms with E-state index in [1.165, 1.54) is 5.56 Å². The van der Waals surface area contributed by atoms with Gasteiger partial charge in [-0.2, -0.15) is 11.3 Å². The molecule has 0 radical (unpaired) electrons. The van der Waals surface area contributed by atoms with Crippen LogP contribution in [0.4, 0.5) is 5.69 Å². The summed E-state index contributed by atoms with van der Waals surface area (Å²) in [7, 11) is 0. The van der Waals surface area contributed by atoms with Crippen molar-refractivity contribution in [2.75, 3.05) is 18.0 Å². The molecule has 1 fully saturated rings. The van der Waals surface area contributed by atoms with E-state index in [2.05, 4.69) is 21.7 Å². The molecule has 2 aromatic rings. The molecule has 1 aromatic carbocycles. The SMILES string of the molecule is NC(=O)CCN(C(=O)CN(Cc1ccsc1)C1CC1)c1ccccc1. The molecule has 5 nitrogen and oxygen atoms in total. The van der Waals surface area contributed by atoms with Crippen LogP contribution >= 0.6 is 11.3 Å². The zero-order valence-electron chi connectivity index (χ0n) is 14.1. The lowest BCUT2D eigenvalue weighted by Crippen LogP contribution is -2.42. The van der Waals surface area contributed by atoms with Crippen molar-refractivity contribution >= 4 is 28.8 Å². The molecule has 1 aliphatic carbocycles. The molecule has 3 rings (SSSR count). The Labute approximate surface area is 152 Å². The highest BCUT2D eigenvalue weighted by Gasteiger charge is 2.31. The summed E-state index contributed by atoms with van der Waals surface area (Å²) in [6.45, 7) is 1.46. The summed E-state index contributed by atoms with van der Waals surface area (Å²) in [6, 6.07) is 12.1. The molecule has 0 atom stereocenters. The number of primary amides is 1. The minimum Gasteiger partial charge on any atom is -0.370 e. The second-order valence-electron chi connectivity index (χ2n) is 6.36. The zero-order chi connectivity index (χ0) is 17.6. The lowest BCUT2D eigenvalue weighted by atomic mass is 10.2. The maximum atomic E-state index is 13.0. The van der Waals surface area contributed by atoms with Crippen molar-refractivity contribution in [2.24, 2.45) is 5.73 Å². The molecule has 0 bridgehead atoms. The minimum absolute atomic E-state index is 0.00887. The van der Waals surface area contributed by atoms with Gasteiger partial charge in [0, 0.05) is 31.2 Å². The van der Waals surface area contributed by atoms with Crippen LogP contribution in [0.3, 0.4) is 0 Å². The first-order valence-corrected chi connectivity index (χ1v) is 9.46. The van der Waals surface area contributed by atoms with Crippen molar-refractivity contribution in [1.82, 2.24) is 4.90 Å². The maximum Gasteiger partial charge on any atom is 0.241 e. The average Bonchev–Trinajstić information content (AvgIpc) is 3.33. The Morgan fingerprint density at radius 1 is 1.16 bits per heavy atom. The van der Waals surface area contributed by atoms with Gasteiger partial charge in [0.1, 0.15) is 0 Å². The van der Waals surface area contributed by atoms with E-state index in [9.17, 15) is 9.59 Å². The zero-order valence-corrected chi connectivity index (χ0v) is 15.0. The van der Waals surface area contributed by atoms with E-state index < -0.39 is 5.91 Å². The minimum atomic E-state index is -0.397. The van der Waals surface area contributed by atoms with Gasteiger partial charge in [-0.3, -0.25) is 14.5 Å². The molecular formula is C19H23N3O2S. The van der Waals surface area contributed by atoms with Gasteiger partial charge in [0.05, 0.1) is 6.54 Å². The molecule has 2 N–H and O–H groups in total. The molecule has 1 saturated carbocycles. The van der Waals surface area contributed by atoms with Gasteiger partial charge in [-0.15, -0.1) is 0 Å². The highest BCUT2D eigenvalue weighted by Crippen LogP contribution is 2.29. The van der Waals surface area contributed by atoms with Gasteiger partial charge >= 0.3 is 0 Å². The third kappa shape index (κ3) is 5.14. The van der Waals surface area contributed by atoms with Crippen LogP contribution in [0.1, 0.15) is 24.8 Å². The van der Waals surface area contributed by atoms with Gasteiger partial charge < -0.3 is 10.6 Å². The fraction of sp³-hybridized carbons (Fsp3) is 0.368. The Morgan fingerprint density at radius 2 is 1.92 bits per heavy atom. The first-order valence-electron chi connectivity index (χ1n) is 8.52.